The van der Waals surface area contributed by atoms with E-state index in [4.69, 9.17) is 0 Å². The van der Waals surface area contributed by atoms with Gasteiger partial charge in [-0.05, 0) is 25.1 Å². The predicted molar refractivity (Wildman–Crippen MR) is 80.6 cm³/mol. The lowest BCUT2D eigenvalue weighted by Crippen LogP contribution is -2.15. The maximum atomic E-state index is 12.3. The lowest BCUT2D eigenvalue weighted by molar-refractivity contribution is -0.385. The van der Waals surface area contributed by atoms with E-state index in [0.717, 1.165) is 0 Å². The van der Waals surface area contributed by atoms with Crippen LogP contribution in [0, 0.1) is 17.0 Å². The normalized spacial score (nSPS) is 11.1. The molecule has 21 heavy (non-hydrogen) atoms. The van der Waals surface area contributed by atoms with Crippen LogP contribution in [-0.4, -0.2) is 18.3 Å². The van der Waals surface area contributed by atoms with Gasteiger partial charge in [0.1, 0.15) is 5.82 Å². The second-order valence-corrected chi connectivity index (χ2v) is 6.69. The Kier molecular flexibility index (Phi) is 4.24. The van der Waals surface area contributed by atoms with E-state index in [1.54, 1.807) is 6.07 Å². The summed E-state index contributed by atoms with van der Waals surface area (Å²) >= 11 is 3.21. The lowest BCUT2D eigenvalue weighted by Gasteiger charge is -2.09. The Bertz CT molecular complexity index is 808. The van der Waals surface area contributed by atoms with Gasteiger partial charge < -0.3 is 0 Å². The zero-order valence-corrected chi connectivity index (χ0v) is 13.2. The third-order valence-corrected chi connectivity index (χ3v) is 4.70. The summed E-state index contributed by atoms with van der Waals surface area (Å²) in [5.41, 5.74) is -0.176. The Labute approximate surface area is 129 Å². The van der Waals surface area contributed by atoms with E-state index < -0.39 is 14.9 Å². The van der Waals surface area contributed by atoms with Crippen LogP contribution in [0.4, 0.5) is 11.5 Å². The summed E-state index contributed by atoms with van der Waals surface area (Å²) in [7, 11) is -3.95. The van der Waals surface area contributed by atoms with E-state index in [1.165, 1.54) is 37.4 Å². The van der Waals surface area contributed by atoms with Gasteiger partial charge in [-0.3, -0.25) is 14.8 Å². The Morgan fingerprint density at radius 1 is 1.33 bits per heavy atom. The predicted octanol–water partition coefficient (Wildman–Crippen LogP) is 2.86. The molecule has 0 unspecified atom stereocenters. The number of rotatable bonds is 4. The molecule has 0 aliphatic heterocycles. The molecule has 1 N–H and O–H groups in total. The maximum absolute atomic E-state index is 12.3. The number of pyridine rings is 1. The summed E-state index contributed by atoms with van der Waals surface area (Å²) in [4.78, 5) is 14.0. The highest BCUT2D eigenvalue weighted by atomic mass is 79.9. The number of hydrogen-bond acceptors (Lipinski definition) is 5. The van der Waals surface area contributed by atoms with E-state index in [0.29, 0.717) is 4.47 Å². The molecule has 110 valence electrons. The summed E-state index contributed by atoms with van der Waals surface area (Å²) in [6, 6.07) is 7.03. The first-order chi connectivity index (χ1) is 9.81. The highest BCUT2D eigenvalue weighted by molar-refractivity contribution is 9.10. The van der Waals surface area contributed by atoms with Gasteiger partial charge in [0.15, 0.2) is 0 Å². The number of anilines is 1. The average molecular weight is 372 g/mol. The highest BCUT2D eigenvalue weighted by Crippen LogP contribution is 2.26. The minimum absolute atomic E-state index is 0.0741. The molecule has 2 aromatic rings. The van der Waals surface area contributed by atoms with E-state index >= 15 is 0 Å². The minimum atomic E-state index is -3.95. The molecule has 0 aliphatic carbocycles. The van der Waals surface area contributed by atoms with Crippen molar-refractivity contribution in [3.63, 3.8) is 0 Å². The fourth-order valence-electron chi connectivity index (χ4n) is 1.75. The number of nitro groups is 1. The minimum Gasteiger partial charge on any atom is -0.263 e. The molecule has 0 amide bonds. The molecule has 0 spiro atoms. The number of nitrogens with one attached hydrogen (secondary N) is 1. The second kappa shape index (κ2) is 5.78. The average Bonchev–Trinajstić information content (AvgIpc) is 2.37. The van der Waals surface area contributed by atoms with Crippen LogP contribution in [-0.2, 0) is 10.0 Å². The van der Waals surface area contributed by atoms with Crippen LogP contribution < -0.4 is 4.72 Å². The Balaban J connectivity index is 2.45. The zero-order chi connectivity index (χ0) is 15.6. The van der Waals surface area contributed by atoms with Crippen LogP contribution in [0.1, 0.15) is 5.56 Å². The number of hydrogen-bond donors (Lipinski definition) is 1. The number of benzene rings is 1. The van der Waals surface area contributed by atoms with Gasteiger partial charge >= 0.3 is 0 Å². The monoisotopic (exact) mass is 371 g/mol. The Morgan fingerprint density at radius 2 is 2.05 bits per heavy atom. The summed E-state index contributed by atoms with van der Waals surface area (Å²) in [5.74, 6) is 0.121. The van der Waals surface area contributed by atoms with Crippen LogP contribution in [0.5, 0.6) is 0 Å². The molecule has 0 bridgehead atoms. The van der Waals surface area contributed by atoms with Crippen molar-refractivity contribution in [2.75, 3.05) is 4.72 Å². The first-order valence-electron chi connectivity index (χ1n) is 5.69. The molecule has 0 saturated carbocycles. The highest BCUT2D eigenvalue weighted by Gasteiger charge is 2.23. The molecule has 0 atom stereocenters. The van der Waals surface area contributed by atoms with Crippen molar-refractivity contribution in [2.24, 2.45) is 0 Å². The molecule has 0 radical (unpaired) electrons. The Hall–Kier alpha value is -2.00. The molecule has 1 heterocycles. The number of halogens is 1. The summed E-state index contributed by atoms with van der Waals surface area (Å²) in [6.07, 6.45) is 1.43. The van der Waals surface area contributed by atoms with Gasteiger partial charge in [0, 0.05) is 22.3 Å². The molecular formula is C12H10BrN3O4S. The number of aromatic nitrogens is 1. The van der Waals surface area contributed by atoms with Gasteiger partial charge in [0.05, 0.1) is 9.82 Å². The van der Waals surface area contributed by atoms with Gasteiger partial charge in [-0.1, -0.05) is 22.0 Å². The standard InChI is InChI=1S/C12H10BrN3O4S/c1-8-10(16(17)18)3-2-4-11(8)21(19,20)15-12-7-9(13)5-6-14-12/h2-7H,1H3,(H,14,15). The molecule has 0 aliphatic rings. The first-order valence-corrected chi connectivity index (χ1v) is 7.97. The zero-order valence-electron chi connectivity index (χ0n) is 10.8. The third kappa shape index (κ3) is 3.37. The van der Waals surface area contributed by atoms with Gasteiger partial charge in [-0.25, -0.2) is 13.4 Å². The van der Waals surface area contributed by atoms with Gasteiger partial charge in [-0.15, -0.1) is 0 Å². The fraction of sp³-hybridized carbons (Fsp3) is 0.0833. The van der Waals surface area contributed by atoms with Crippen molar-refractivity contribution in [3.05, 3.63) is 56.7 Å². The van der Waals surface area contributed by atoms with Crippen molar-refractivity contribution in [2.45, 2.75) is 11.8 Å². The van der Waals surface area contributed by atoms with Gasteiger partial charge in [0.2, 0.25) is 0 Å². The molecule has 0 fully saturated rings. The van der Waals surface area contributed by atoms with Gasteiger partial charge in [0.25, 0.3) is 15.7 Å². The van der Waals surface area contributed by atoms with Crippen molar-refractivity contribution < 1.29 is 13.3 Å². The van der Waals surface area contributed by atoms with E-state index in [9.17, 15) is 18.5 Å². The van der Waals surface area contributed by atoms with Crippen LogP contribution in [0.3, 0.4) is 0 Å². The van der Waals surface area contributed by atoms with Crippen molar-refractivity contribution >= 4 is 37.5 Å². The van der Waals surface area contributed by atoms with Crippen LogP contribution >= 0.6 is 15.9 Å². The largest absolute Gasteiger partial charge is 0.273 e. The van der Waals surface area contributed by atoms with Crippen LogP contribution in [0.15, 0.2) is 45.9 Å². The number of sulfonamides is 1. The molecule has 2 rings (SSSR count). The number of nitrogens with zero attached hydrogens (tertiary/aromatic N) is 2. The SMILES string of the molecule is Cc1c([N+](=O)[O-])cccc1S(=O)(=O)Nc1cc(Br)ccn1. The fourth-order valence-corrected chi connectivity index (χ4v) is 3.34. The number of nitro benzene ring substituents is 1. The Morgan fingerprint density at radius 3 is 2.67 bits per heavy atom. The maximum Gasteiger partial charge on any atom is 0.273 e. The third-order valence-electron chi connectivity index (χ3n) is 2.70. The molecule has 0 saturated heterocycles. The molecule has 1 aromatic carbocycles. The molecule has 1 aromatic heterocycles. The molecule has 9 heteroatoms. The van der Waals surface area contributed by atoms with E-state index in [2.05, 4.69) is 25.6 Å². The van der Waals surface area contributed by atoms with Crippen molar-refractivity contribution in [1.82, 2.24) is 4.98 Å². The van der Waals surface area contributed by atoms with Crippen LogP contribution in [0.2, 0.25) is 0 Å². The molecule has 7 nitrogen and oxygen atoms in total. The van der Waals surface area contributed by atoms with E-state index in [1.807, 2.05) is 0 Å². The lowest BCUT2D eigenvalue weighted by atomic mass is 10.2. The first kappa shape index (κ1) is 15.4. The topological polar surface area (TPSA) is 102 Å². The summed E-state index contributed by atoms with van der Waals surface area (Å²) in [5, 5.41) is 10.9. The quantitative estimate of drug-likeness (QED) is 0.657. The molecular weight excluding hydrogens is 362 g/mol. The van der Waals surface area contributed by atoms with E-state index in [-0.39, 0.29) is 22.0 Å². The van der Waals surface area contributed by atoms with Crippen molar-refractivity contribution in [1.29, 1.82) is 0 Å². The second-order valence-electron chi connectivity index (χ2n) is 4.12. The summed E-state index contributed by atoms with van der Waals surface area (Å²) < 4.78 is 27.6. The smallest absolute Gasteiger partial charge is 0.263 e. The summed E-state index contributed by atoms with van der Waals surface area (Å²) in [6.45, 7) is 1.39. The van der Waals surface area contributed by atoms with Gasteiger partial charge in [-0.2, -0.15) is 0 Å². The van der Waals surface area contributed by atoms with Crippen LogP contribution in [0.25, 0.3) is 0 Å². The van der Waals surface area contributed by atoms with Crippen molar-refractivity contribution in [3.8, 4) is 0 Å².